The number of benzene rings is 1. The molecule has 2 aliphatic heterocycles. The summed E-state index contributed by atoms with van der Waals surface area (Å²) >= 11 is 0. The number of hydrogen-bond acceptors (Lipinski definition) is 7. The van der Waals surface area contributed by atoms with E-state index < -0.39 is 23.7 Å². The summed E-state index contributed by atoms with van der Waals surface area (Å²) in [5.41, 5.74) is 1.75. The van der Waals surface area contributed by atoms with Crippen LogP contribution < -0.4 is 10.6 Å². The molecular weight excluding hydrogens is 591 g/mol. The Morgan fingerprint density at radius 2 is 1.76 bits per heavy atom. The molecule has 1 aliphatic carbocycles. The van der Waals surface area contributed by atoms with Crippen molar-refractivity contribution < 1.29 is 32.7 Å². The highest BCUT2D eigenvalue weighted by atomic mass is 19.1. The van der Waals surface area contributed by atoms with Crippen molar-refractivity contribution in [2.75, 3.05) is 38.5 Å². The number of Topliss-reactive ketones (excluding diaryl/α,β-unsaturated/α-hetero) is 1. The number of rotatable bonds is 11. The number of nitrogens with zero attached hydrogens (tertiary/aromatic N) is 2. The highest BCUT2D eigenvalue weighted by Gasteiger charge is 2.36. The number of anilines is 1. The number of ether oxygens (including phenoxy) is 1. The molecule has 1 aromatic carbocycles. The summed E-state index contributed by atoms with van der Waals surface area (Å²) in [7, 11) is 2.00. The SMILES string of the molecule is CCC(=O)N[C@@H](C(=O)N1CCN(C)CC1)[C@@H](C)c1ccc(NC(=O)[C@@H](CC(=O)c2coc3c2COC3)C2CCC(C)CC2)c(F)c1. The Bertz CT molecular complexity index is 1430. The van der Waals surface area contributed by atoms with Gasteiger partial charge in [-0.3, -0.25) is 19.2 Å². The Hall–Kier alpha value is -3.57. The zero-order chi connectivity index (χ0) is 33.0. The summed E-state index contributed by atoms with van der Waals surface area (Å²) in [4.78, 5) is 57.1. The second-order valence-corrected chi connectivity index (χ2v) is 13.3. The van der Waals surface area contributed by atoms with Crippen molar-refractivity contribution >= 4 is 29.2 Å². The number of halogens is 1. The van der Waals surface area contributed by atoms with Crippen molar-refractivity contribution in [2.24, 2.45) is 17.8 Å². The van der Waals surface area contributed by atoms with E-state index in [1.807, 2.05) is 7.05 Å². The molecule has 3 amide bonds. The number of amides is 3. The average molecular weight is 639 g/mol. The molecule has 250 valence electrons. The lowest BCUT2D eigenvalue weighted by Gasteiger charge is -2.36. The van der Waals surface area contributed by atoms with Gasteiger partial charge < -0.3 is 29.6 Å². The first-order valence-corrected chi connectivity index (χ1v) is 16.6. The molecule has 0 spiro atoms. The van der Waals surface area contributed by atoms with Crippen molar-refractivity contribution in [3.8, 4) is 0 Å². The lowest BCUT2D eigenvalue weighted by atomic mass is 9.74. The fourth-order valence-electron chi connectivity index (χ4n) is 6.89. The van der Waals surface area contributed by atoms with Gasteiger partial charge in [-0.1, -0.05) is 39.7 Å². The number of hydrogen-bond donors (Lipinski definition) is 2. The van der Waals surface area contributed by atoms with Gasteiger partial charge in [-0.15, -0.1) is 0 Å². The molecule has 2 aromatic rings. The van der Waals surface area contributed by atoms with Gasteiger partial charge in [-0.05, 0) is 49.4 Å². The number of furan rings is 1. The molecule has 1 saturated carbocycles. The number of ketones is 1. The van der Waals surface area contributed by atoms with E-state index in [-0.39, 0.29) is 48.0 Å². The molecule has 2 fully saturated rings. The third-order valence-electron chi connectivity index (χ3n) is 10.1. The van der Waals surface area contributed by atoms with Crippen LogP contribution in [0, 0.1) is 23.6 Å². The van der Waals surface area contributed by atoms with Crippen LogP contribution in [0.2, 0.25) is 0 Å². The Morgan fingerprint density at radius 1 is 1.04 bits per heavy atom. The fraction of sp³-hybridized carbons (Fsp3) is 0.600. The molecule has 46 heavy (non-hydrogen) atoms. The zero-order valence-electron chi connectivity index (χ0n) is 27.4. The Labute approximate surface area is 270 Å². The van der Waals surface area contributed by atoms with Crippen molar-refractivity contribution in [2.45, 2.75) is 84.5 Å². The predicted molar refractivity (Wildman–Crippen MR) is 171 cm³/mol. The normalized spacial score (nSPS) is 22.1. The Morgan fingerprint density at radius 3 is 2.43 bits per heavy atom. The minimum Gasteiger partial charge on any atom is -0.466 e. The van der Waals surface area contributed by atoms with E-state index >= 15 is 4.39 Å². The molecule has 1 aromatic heterocycles. The van der Waals surface area contributed by atoms with E-state index in [2.05, 4.69) is 22.5 Å². The van der Waals surface area contributed by atoms with Crippen LogP contribution in [0.3, 0.4) is 0 Å². The molecule has 10 nitrogen and oxygen atoms in total. The summed E-state index contributed by atoms with van der Waals surface area (Å²) < 4.78 is 26.6. The smallest absolute Gasteiger partial charge is 0.245 e. The second-order valence-electron chi connectivity index (χ2n) is 13.3. The molecule has 1 saturated heterocycles. The van der Waals surface area contributed by atoms with E-state index in [1.54, 1.807) is 24.8 Å². The third kappa shape index (κ3) is 7.69. The number of likely N-dealkylation sites (N-methyl/N-ethyl adjacent to an activating group) is 1. The van der Waals surface area contributed by atoms with Crippen LogP contribution in [0.5, 0.6) is 0 Å². The van der Waals surface area contributed by atoms with Crippen molar-refractivity contribution in [1.29, 1.82) is 0 Å². The maximum absolute atomic E-state index is 15.7. The van der Waals surface area contributed by atoms with E-state index in [0.717, 1.165) is 44.3 Å². The standard InChI is InChI=1S/C35H47FN4O6/c1-5-32(42)38-33(35(44)40-14-12-39(4)13-15-40)22(3)24-10-11-29(28(36)16-24)37-34(43)25(23-8-6-21(2)7-9-23)17-30(41)26-19-46-31-20-45-18-27(26)31/h10-11,16,19,21-23,25,33H,5-9,12-15,17-18,20H2,1-4H3,(H,37,43)(H,38,42)/t21?,22-,23?,25-,33+/m0/s1. The second kappa shape index (κ2) is 14.9. The van der Waals surface area contributed by atoms with Crippen LogP contribution >= 0.6 is 0 Å². The third-order valence-corrected chi connectivity index (χ3v) is 10.1. The van der Waals surface area contributed by atoms with Crippen LogP contribution in [0.25, 0.3) is 0 Å². The molecule has 11 heteroatoms. The largest absolute Gasteiger partial charge is 0.466 e. The summed E-state index contributed by atoms with van der Waals surface area (Å²) in [5, 5.41) is 5.63. The number of nitrogens with one attached hydrogen (secondary N) is 2. The van der Waals surface area contributed by atoms with Crippen molar-refractivity contribution in [3.05, 3.63) is 52.7 Å². The first-order valence-electron chi connectivity index (χ1n) is 16.6. The van der Waals surface area contributed by atoms with Crippen LogP contribution in [-0.2, 0) is 32.3 Å². The van der Waals surface area contributed by atoms with Crippen LogP contribution in [0.15, 0.2) is 28.9 Å². The number of carbonyl (C=O) groups excluding carboxylic acids is 4. The summed E-state index contributed by atoms with van der Waals surface area (Å²) in [6, 6.07) is 3.65. The average Bonchev–Trinajstić information content (AvgIpc) is 3.68. The predicted octanol–water partition coefficient (Wildman–Crippen LogP) is 4.88. The van der Waals surface area contributed by atoms with Gasteiger partial charge in [0.2, 0.25) is 17.7 Å². The number of carbonyl (C=O) groups is 4. The topological polar surface area (TPSA) is 121 Å². The maximum Gasteiger partial charge on any atom is 0.245 e. The monoisotopic (exact) mass is 638 g/mol. The molecule has 3 atom stereocenters. The maximum atomic E-state index is 15.7. The van der Waals surface area contributed by atoms with Gasteiger partial charge in [0.25, 0.3) is 0 Å². The van der Waals surface area contributed by atoms with E-state index in [4.69, 9.17) is 9.15 Å². The van der Waals surface area contributed by atoms with E-state index in [1.165, 1.54) is 18.4 Å². The summed E-state index contributed by atoms with van der Waals surface area (Å²) in [5.74, 6) is -1.58. The number of fused-ring (bicyclic) bond motifs is 1. The molecule has 0 unspecified atom stereocenters. The molecule has 2 N–H and O–H groups in total. The lowest BCUT2D eigenvalue weighted by molar-refractivity contribution is -0.138. The quantitative estimate of drug-likeness (QED) is 0.337. The molecule has 5 rings (SSSR count). The van der Waals surface area contributed by atoms with Gasteiger partial charge in [-0.25, -0.2) is 4.39 Å². The molecule has 3 heterocycles. The molecule has 0 bridgehead atoms. The van der Waals surface area contributed by atoms with Crippen LogP contribution in [0.1, 0.15) is 92.5 Å². The van der Waals surface area contributed by atoms with Gasteiger partial charge in [-0.2, -0.15) is 0 Å². The van der Waals surface area contributed by atoms with Gasteiger partial charge in [0.05, 0.1) is 17.9 Å². The van der Waals surface area contributed by atoms with Gasteiger partial charge in [0.1, 0.15) is 30.5 Å². The van der Waals surface area contributed by atoms with Gasteiger partial charge >= 0.3 is 0 Å². The molecule has 3 aliphatic rings. The summed E-state index contributed by atoms with van der Waals surface area (Å²) in [6.07, 6.45) is 5.27. The van der Waals surface area contributed by atoms with E-state index in [0.29, 0.717) is 49.1 Å². The zero-order valence-corrected chi connectivity index (χ0v) is 27.4. The fourth-order valence-corrected chi connectivity index (χ4v) is 6.89. The summed E-state index contributed by atoms with van der Waals surface area (Å²) in [6.45, 7) is 8.94. The molecule has 0 radical (unpaired) electrons. The Balaban J connectivity index is 1.32. The first-order chi connectivity index (χ1) is 22.0. The van der Waals surface area contributed by atoms with Crippen LogP contribution in [0.4, 0.5) is 10.1 Å². The van der Waals surface area contributed by atoms with E-state index in [9.17, 15) is 19.2 Å². The highest BCUT2D eigenvalue weighted by Crippen LogP contribution is 2.37. The van der Waals surface area contributed by atoms with Crippen molar-refractivity contribution in [3.63, 3.8) is 0 Å². The lowest BCUT2D eigenvalue weighted by Crippen LogP contribution is -2.55. The van der Waals surface area contributed by atoms with Crippen LogP contribution in [-0.4, -0.2) is 72.6 Å². The van der Waals surface area contributed by atoms with Gasteiger partial charge in [0, 0.05) is 56.4 Å². The van der Waals surface area contributed by atoms with Crippen molar-refractivity contribution in [1.82, 2.24) is 15.1 Å². The van der Waals surface area contributed by atoms with Gasteiger partial charge in [0.15, 0.2) is 5.78 Å². The molecular formula is C35H47FN4O6. The number of piperazine rings is 1. The highest BCUT2D eigenvalue weighted by molar-refractivity contribution is 6.02. The Kier molecular flexibility index (Phi) is 10.9. The minimum absolute atomic E-state index is 0.000794. The minimum atomic E-state index is -0.852. The first kappa shape index (κ1) is 33.8.